The van der Waals surface area contributed by atoms with Gasteiger partial charge in [0.25, 0.3) is 0 Å². The van der Waals surface area contributed by atoms with E-state index in [2.05, 4.69) is 18.3 Å². The maximum Gasteiger partial charge on any atom is 0.336 e. The molecule has 3 aromatic rings. The molecule has 3 rings (SSSR count). The number of carboxylic acids is 1. The largest absolute Gasteiger partial charge is 0.489 e. The number of aryl methyl sites for hydroxylation is 1. The molecule has 0 saturated heterocycles. The molecular formula is C23H22ClNO3. The summed E-state index contributed by atoms with van der Waals surface area (Å²) in [5.74, 6) is -0.196. The Hall–Kier alpha value is -2.98. The zero-order chi connectivity index (χ0) is 20.1. The quantitative estimate of drug-likeness (QED) is 0.527. The van der Waals surface area contributed by atoms with Crippen molar-refractivity contribution in [1.82, 2.24) is 0 Å². The number of nitrogens with one attached hydrogen (secondary N) is 1. The first-order valence-electron chi connectivity index (χ1n) is 8.98. The lowest BCUT2D eigenvalue weighted by Crippen LogP contribution is -2.07. The first-order chi connectivity index (χ1) is 13.5. The summed E-state index contributed by atoms with van der Waals surface area (Å²) in [5, 5.41) is 13.2. The SMILES string of the molecule is Cc1ccccc1COc1ccc(Cl)cc1CNc1cccc(C(=O)O)c1C. The van der Waals surface area contributed by atoms with E-state index in [1.165, 1.54) is 5.56 Å². The summed E-state index contributed by atoms with van der Waals surface area (Å²) in [6, 6.07) is 18.8. The number of carboxylic acid groups (broad SMARTS) is 1. The average Bonchev–Trinajstić information content (AvgIpc) is 2.67. The molecule has 0 heterocycles. The Kier molecular flexibility index (Phi) is 6.22. The van der Waals surface area contributed by atoms with Crippen LogP contribution in [-0.2, 0) is 13.2 Å². The molecule has 28 heavy (non-hydrogen) atoms. The fourth-order valence-electron chi connectivity index (χ4n) is 3.00. The molecule has 0 aliphatic heterocycles. The highest BCUT2D eigenvalue weighted by atomic mass is 35.5. The number of ether oxygens (including phenoxy) is 1. The standard InChI is InChI=1S/C23H22ClNO3/c1-15-6-3-4-7-17(15)14-28-22-11-10-19(24)12-18(22)13-25-21-9-5-8-20(16(21)2)23(26)27/h3-12,25H,13-14H2,1-2H3,(H,26,27). The maximum absolute atomic E-state index is 11.3. The van der Waals surface area contributed by atoms with Crippen molar-refractivity contribution in [2.24, 2.45) is 0 Å². The van der Waals surface area contributed by atoms with Gasteiger partial charge in [0.2, 0.25) is 0 Å². The van der Waals surface area contributed by atoms with Gasteiger partial charge in [-0.05, 0) is 60.9 Å². The molecule has 144 valence electrons. The lowest BCUT2D eigenvalue weighted by atomic mass is 10.1. The Morgan fingerprint density at radius 2 is 1.82 bits per heavy atom. The van der Waals surface area contributed by atoms with E-state index in [9.17, 15) is 9.90 Å². The number of aromatic carboxylic acids is 1. The minimum absolute atomic E-state index is 0.284. The van der Waals surface area contributed by atoms with Crippen molar-refractivity contribution in [2.75, 3.05) is 5.32 Å². The molecule has 3 aromatic carbocycles. The first kappa shape index (κ1) is 19.8. The molecule has 0 unspecified atom stereocenters. The van der Waals surface area contributed by atoms with Crippen LogP contribution in [-0.4, -0.2) is 11.1 Å². The molecular weight excluding hydrogens is 374 g/mol. The minimum atomic E-state index is -0.939. The summed E-state index contributed by atoms with van der Waals surface area (Å²) >= 11 is 6.18. The smallest absolute Gasteiger partial charge is 0.336 e. The molecule has 5 heteroatoms. The Bertz CT molecular complexity index is 1000. The Morgan fingerprint density at radius 3 is 2.57 bits per heavy atom. The van der Waals surface area contributed by atoms with Crippen LogP contribution in [0.4, 0.5) is 5.69 Å². The highest BCUT2D eigenvalue weighted by Crippen LogP contribution is 2.26. The second kappa shape index (κ2) is 8.81. The second-order valence-electron chi connectivity index (χ2n) is 6.60. The van der Waals surface area contributed by atoms with Gasteiger partial charge in [-0.3, -0.25) is 0 Å². The Balaban J connectivity index is 1.77. The Morgan fingerprint density at radius 1 is 1.04 bits per heavy atom. The molecule has 0 bridgehead atoms. The molecule has 0 atom stereocenters. The molecule has 0 saturated carbocycles. The predicted molar refractivity (Wildman–Crippen MR) is 112 cm³/mol. The van der Waals surface area contributed by atoms with Gasteiger partial charge in [0.15, 0.2) is 0 Å². The van der Waals surface area contributed by atoms with Gasteiger partial charge in [0.1, 0.15) is 12.4 Å². The monoisotopic (exact) mass is 395 g/mol. The van der Waals surface area contributed by atoms with Crippen molar-refractivity contribution in [2.45, 2.75) is 27.0 Å². The van der Waals surface area contributed by atoms with Crippen molar-refractivity contribution in [3.8, 4) is 5.75 Å². The van der Waals surface area contributed by atoms with Crippen LogP contribution >= 0.6 is 11.6 Å². The van der Waals surface area contributed by atoms with E-state index in [0.29, 0.717) is 23.7 Å². The average molecular weight is 396 g/mol. The summed E-state index contributed by atoms with van der Waals surface area (Å²) in [5.41, 5.74) is 4.95. The van der Waals surface area contributed by atoms with E-state index < -0.39 is 5.97 Å². The van der Waals surface area contributed by atoms with Gasteiger partial charge >= 0.3 is 5.97 Å². The minimum Gasteiger partial charge on any atom is -0.489 e. The third-order valence-corrected chi connectivity index (χ3v) is 4.94. The second-order valence-corrected chi connectivity index (χ2v) is 7.04. The van der Waals surface area contributed by atoms with Crippen molar-refractivity contribution in [1.29, 1.82) is 0 Å². The van der Waals surface area contributed by atoms with Crippen LogP contribution in [0, 0.1) is 13.8 Å². The van der Waals surface area contributed by atoms with Crippen LogP contribution in [0.1, 0.15) is 32.6 Å². The van der Waals surface area contributed by atoms with E-state index >= 15 is 0 Å². The zero-order valence-corrected chi connectivity index (χ0v) is 16.6. The number of anilines is 1. The third kappa shape index (κ3) is 4.65. The van der Waals surface area contributed by atoms with Crippen molar-refractivity contribution < 1.29 is 14.6 Å². The number of hydrogen-bond donors (Lipinski definition) is 2. The van der Waals surface area contributed by atoms with Crippen LogP contribution in [0.25, 0.3) is 0 Å². The van der Waals surface area contributed by atoms with E-state index in [-0.39, 0.29) is 5.56 Å². The van der Waals surface area contributed by atoms with E-state index in [1.807, 2.05) is 36.4 Å². The number of benzene rings is 3. The molecule has 0 radical (unpaired) electrons. The van der Waals surface area contributed by atoms with Crippen LogP contribution in [0.2, 0.25) is 5.02 Å². The number of rotatable bonds is 7. The van der Waals surface area contributed by atoms with Crippen LogP contribution in [0.3, 0.4) is 0 Å². The highest BCUT2D eigenvalue weighted by Gasteiger charge is 2.11. The lowest BCUT2D eigenvalue weighted by Gasteiger charge is -2.16. The zero-order valence-electron chi connectivity index (χ0n) is 15.8. The van der Waals surface area contributed by atoms with Crippen molar-refractivity contribution in [3.05, 3.63) is 93.5 Å². The summed E-state index contributed by atoms with van der Waals surface area (Å²) in [7, 11) is 0. The summed E-state index contributed by atoms with van der Waals surface area (Å²) in [6.45, 7) is 4.78. The van der Waals surface area contributed by atoms with Gasteiger partial charge in [-0.2, -0.15) is 0 Å². The topological polar surface area (TPSA) is 58.6 Å². The molecule has 0 aromatic heterocycles. The molecule has 0 aliphatic rings. The fourth-order valence-corrected chi connectivity index (χ4v) is 3.20. The van der Waals surface area contributed by atoms with E-state index in [1.54, 1.807) is 25.1 Å². The molecule has 0 aliphatic carbocycles. The van der Waals surface area contributed by atoms with Gasteiger partial charge in [-0.1, -0.05) is 41.9 Å². The lowest BCUT2D eigenvalue weighted by molar-refractivity contribution is 0.0696. The molecule has 2 N–H and O–H groups in total. The van der Waals surface area contributed by atoms with Gasteiger partial charge in [0, 0.05) is 22.8 Å². The van der Waals surface area contributed by atoms with Gasteiger partial charge in [-0.25, -0.2) is 4.79 Å². The maximum atomic E-state index is 11.3. The molecule has 4 nitrogen and oxygen atoms in total. The van der Waals surface area contributed by atoms with Crippen LogP contribution in [0.15, 0.2) is 60.7 Å². The summed E-state index contributed by atoms with van der Waals surface area (Å²) < 4.78 is 6.05. The third-order valence-electron chi connectivity index (χ3n) is 4.70. The fraction of sp³-hybridized carbons (Fsp3) is 0.174. The van der Waals surface area contributed by atoms with Crippen LogP contribution < -0.4 is 10.1 Å². The highest BCUT2D eigenvalue weighted by molar-refractivity contribution is 6.30. The number of halogens is 1. The first-order valence-corrected chi connectivity index (χ1v) is 9.36. The number of hydrogen-bond acceptors (Lipinski definition) is 3. The van der Waals surface area contributed by atoms with E-state index in [0.717, 1.165) is 22.6 Å². The van der Waals surface area contributed by atoms with E-state index in [4.69, 9.17) is 16.3 Å². The predicted octanol–water partition coefficient (Wildman–Crippen LogP) is 5.85. The number of carbonyl (C=O) groups is 1. The normalized spacial score (nSPS) is 10.5. The van der Waals surface area contributed by atoms with Gasteiger partial charge < -0.3 is 15.2 Å². The van der Waals surface area contributed by atoms with Gasteiger partial charge in [-0.15, -0.1) is 0 Å². The van der Waals surface area contributed by atoms with Crippen molar-refractivity contribution >= 4 is 23.3 Å². The van der Waals surface area contributed by atoms with Crippen LogP contribution in [0.5, 0.6) is 5.75 Å². The summed E-state index contributed by atoms with van der Waals surface area (Å²) in [6.07, 6.45) is 0. The summed E-state index contributed by atoms with van der Waals surface area (Å²) in [4.78, 5) is 11.3. The Labute approximate surface area is 169 Å². The molecule has 0 amide bonds. The molecule has 0 spiro atoms. The van der Waals surface area contributed by atoms with Crippen molar-refractivity contribution in [3.63, 3.8) is 0 Å². The molecule has 0 fully saturated rings. The van der Waals surface area contributed by atoms with Gasteiger partial charge in [0.05, 0.1) is 5.56 Å².